The van der Waals surface area contributed by atoms with Crippen molar-refractivity contribution in [3.05, 3.63) is 63.0 Å². The number of aryl methyl sites for hydroxylation is 1. The lowest BCUT2D eigenvalue weighted by Crippen LogP contribution is -2.22. The lowest BCUT2D eigenvalue weighted by molar-refractivity contribution is 0.711. The zero-order chi connectivity index (χ0) is 16.4. The van der Waals surface area contributed by atoms with Crippen LogP contribution in [-0.2, 0) is 13.6 Å². The van der Waals surface area contributed by atoms with Crippen LogP contribution in [0.2, 0.25) is 10.0 Å². The number of benzene rings is 1. The van der Waals surface area contributed by atoms with Gasteiger partial charge in [0.25, 0.3) is 5.56 Å². The predicted molar refractivity (Wildman–Crippen MR) is 88.2 cm³/mol. The Kier molecular flexibility index (Phi) is 4.31. The van der Waals surface area contributed by atoms with Crippen LogP contribution in [0.5, 0.6) is 0 Å². The highest BCUT2D eigenvalue weighted by atomic mass is 35.5. The molecule has 0 fully saturated rings. The Balaban J connectivity index is 1.87. The van der Waals surface area contributed by atoms with E-state index in [-0.39, 0.29) is 5.02 Å². The largest absolute Gasteiger partial charge is 0.375 e. The van der Waals surface area contributed by atoms with Gasteiger partial charge in [-0.1, -0.05) is 23.2 Å². The van der Waals surface area contributed by atoms with Crippen LogP contribution >= 0.6 is 23.2 Å². The molecule has 0 unspecified atom stereocenters. The Bertz CT molecular complexity index is 887. The fourth-order valence-electron chi connectivity index (χ4n) is 1.98. The molecule has 0 amide bonds. The number of aromatic nitrogens is 5. The first kappa shape index (κ1) is 15.5. The van der Waals surface area contributed by atoms with Crippen LogP contribution in [0.25, 0.3) is 5.69 Å². The smallest absolute Gasteiger partial charge is 0.292 e. The number of anilines is 1. The van der Waals surface area contributed by atoms with Gasteiger partial charge in [-0.05, 0) is 24.3 Å². The summed E-state index contributed by atoms with van der Waals surface area (Å²) in [5.74, 6) is 0.711. The molecule has 0 aliphatic heterocycles. The summed E-state index contributed by atoms with van der Waals surface area (Å²) in [5, 5.41) is 11.8. The summed E-state index contributed by atoms with van der Waals surface area (Å²) in [7, 11) is 1.78. The van der Waals surface area contributed by atoms with Crippen LogP contribution in [0.4, 0.5) is 5.69 Å². The third-order valence-electron chi connectivity index (χ3n) is 3.23. The Morgan fingerprint density at radius 1 is 1.17 bits per heavy atom. The Morgan fingerprint density at radius 3 is 2.57 bits per heavy atom. The minimum atomic E-state index is -0.419. The van der Waals surface area contributed by atoms with Gasteiger partial charge < -0.3 is 5.32 Å². The van der Waals surface area contributed by atoms with Crippen molar-refractivity contribution in [3.63, 3.8) is 0 Å². The number of nitrogens with one attached hydrogen (secondary N) is 1. The van der Waals surface area contributed by atoms with E-state index in [1.54, 1.807) is 36.0 Å². The predicted octanol–water partition coefficient (Wildman–Crippen LogP) is 2.28. The normalized spacial score (nSPS) is 10.7. The highest BCUT2D eigenvalue weighted by Gasteiger charge is 2.11. The average molecular weight is 351 g/mol. The monoisotopic (exact) mass is 350 g/mol. The van der Waals surface area contributed by atoms with Gasteiger partial charge in [0.05, 0.1) is 24.1 Å². The van der Waals surface area contributed by atoms with Crippen molar-refractivity contribution in [1.82, 2.24) is 24.5 Å². The van der Waals surface area contributed by atoms with Crippen LogP contribution in [0.1, 0.15) is 5.82 Å². The molecule has 0 aliphatic carbocycles. The van der Waals surface area contributed by atoms with Crippen molar-refractivity contribution in [2.24, 2.45) is 7.05 Å². The Hall–Kier alpha value is -2.38. The summed E-state index contributed by atoms with van der Waals surface area (Å²) in [6, 6.07) is 6.75. The van der Waals surface area contributed by atoms with Gasteiger partial charge in [-0.2, -0.15) is 14.9 Å². The third-order valence-corrected chi connectivity index (χ3v) is 3.85. The highest BCUT2D eigenvalue weighted by molar-refractivity contribution is 6.33. The van der Waals surface area contributed by atoms with Gasteiger partial charge >= 0.3 is 0 Å². The zero-order valence-electron chi connectivity index (χ0n) is 12.1. The number of nitrogens with zero attached hydrogens (tertiary/aromatic N) is 5. The van der Waals surface area contributed by atoms with Crippen molar-refractivity contribution < 1.29 is 0 Å². The maximum Gasteiger partial charge on any atom is 0.292 e. The summed E-state index contributed by atoms with van der Waals surface area (Å²) < 4.78 is 2.84. The molecule has 0 spiro atoms. The van der Waals surface area contributed by atoms with Crippen molar-refractivity contribution in [3.8, 4) is 5.69 Å². The summed E-state index contributed by atoms with van der Waals surface area (Å²) in [4.78, 5) is 16.5. The first-order valence-corrected chi connectivity index (χ1v) is 7.42. The van der Waals surface area contributed by atoms with Crippen molar-refractivity contribution in [2.45, 2.75) is 6.54 Å². The summed E-state index contributed by atoms with van der Waals surface area (Å²) >= 11 is 12.0. The van der Waals surface area contributed by atoms with E-state index in [4.69, 9.17) is 23.2 Å². The van der Waals surface area contributed by atoms with Gasteiger partial charge in [-0.25, -0.2) is 4.98 Å². The molecule has 1 N–H and O–H groups in total. The summed E-state index contributed by atoms with van der Waals surface area (Å²) in [6.07, 6.45) is 2.95. The molecule has 0 saturated heterocycles. The zero-order valence-corrected chi connectivity index (χ0v) is 13.6. The van der Waals surface area contributed by atoms with Gasteiger partial charge in [0, 0.05) is 12.1 Å². The number of rotatable bonds is 4. The minimum absolute atomic E-state index is 0.0529. The van der Waals surface area contributed by atoms with Gasteiger partial charge in [0.1, 0.15) is 17.2 Å². The topological polar surface area (TPSA) is 77.6 Å². The maximum atomic E-state index is 12.4. The molecule has 1 aromatic carbocycles. The van der Waals surface area contributed by atoms with Gasteiger partial charge in [0.15, 0.2) is 0 Å². The highest BCUT2D eigenvalue weighted by Crippen LogP contribution is 2.18. The number of halogens is 2. The summed E-state index contributed by atoms with van der Waals surface area (Å²) in [6.45, 7) is 0.377. The fraction of sp³-hybridized carbons (Fsp3) is 0.143. The van der Waals surface area contributed by atoms with Crippen molar-refractivity contribution in [2.75, 3.05) is 5.32 Å². The van der Waals surface area contributed by atoms with Gasteiger partial charge in [0.2, 0.25) is 0 Å². The third kappa shape index (κ3) is 3.20. The van der Waals surface area contributed by atoms with E-state index in [2.05, 4.69) is 20.5 Å². The molecule has 2 aromatic heterocycles. The average Bonchev–Trinajstić information content (AvgIpc) is 2.95. The Morgan fingerprint density at radius 2 is 1.91 bits per heavy atom. The molecule has 2 heterocycles. The fourth-order valence-corrected chi connectivity index (χ4v) is 2.30. The van der Waals surface area contributed by atoms with E-state index >= 15 is 0 Å². The van der Waals surface area contributed by atoms with Crippen LogP contribution in [0.3, 0.4) is 0 Å². The molecule has 0 aliphatic rings. The van der Waals surface area contributed by atoms with Gasteiger partial charge in [-0.3, -0.25) is 9.48 Å². The quantitative estimate of drug-likeness (QED) is 0.780. The molecule has 118 valence electrons. The first-order chi connectivity index (χ1) is 11.1. The van der Waals surface area contributed by atoms with E-state index in [1.165, 1.54) is 17.2 Å². The molecule has 23 heavy (non-hydrogen) atoms. The van der Waals surface area contributed by atoms with E-state index in [0.717, 1.165) is 0 Å². The van der Waals surface area contributed by atoms with Crippen LogP contribution < -0.4 is 10.9 Å². The molecule has 3 aromatic rings. The van der Waals surface area contributed by atoms with E-state index < -0.39 is 5.56 Å². The molecular weight excluding hydrogens is 339 g/mol. The molecule has 0 atom stereocenters. The SMILES string of the molecule is Cn1ncnc1CNc1cnn(-c2ccc(Cl)cc2)c(=O)c1Cl. The number of hydrogen-bond acceptors (Lipinski definition) is 5. The molecular formula is C14H12Cl2N6O. The Labute approximate surface area is 141 Å². The van der Waals surface area contributed by atoms with Gasteiger partial charge in [-0.15, -0.1) is 0 Å². The maximum absolute atomic E-state index is 12.4. The van der Waals surface area contributed by atoms with E-state index in [1.807, 2.05) is 0 Å². The molecule has 3 rings (SSSR count). The second kappa shape index (κ2) is 6.39. The molecule has 0 radical (unpaired) electrons. The van der Waals surface area contributed by atoms with E-state index in [9.17, 15) is 4.79 Å². The lowest BCUT2D eigenvalue weighted by Gasteiger charge is -2.10. The van der Waals surface area contributed by atoms with Crippen molar-refractivity contribution >= 4 is 28.9 Å². The molecule has 7 nitrogen and oxygen atoms in total. The molecule has 0 bridgehead atoms. The van der Waals surface area contributed by atoms with E-state index in [0.29, 0.717) is 28.8 Å². The van der Waals surface area contributed by atoms with Crippen molar-refractivity contribution in [1.29, 1.82) is 0 Å². The first-order valence-electron chi connectivity index (χ1n) is 6.67. The van der Waals surface area contributed by atoms with Crippen LogP contribution in [0, 0.1) is 0 Å². The molecule has 9 heteroatoms. The van der Waals surface area contributed by atoms with Crippen LogP contribution in [0.15, 0.2) is 41.6 Å². The summed E-state index contributed by atoms with van der Waals surface area (Å²) in [5.41, 5.74) is 0.600. The standard InChI is InChI=1S/C14H12Cl2N6O/c1-21-12(18-8-20-21)7-17-11-6-19-22(14(23)13(11)16)10-4-2-9(15)3-5-10/h2-6,8,17H,7H2,1H3. The second-order valence-electron chi connectivity index (χ2n) is 4.72. The number of hydrogen-bond donors (Lipinski definition) is 1. The lowest BCUT2D eigenvalue weighted by atomic mass is 10.3. The molecule has 0 saturated carbocycles. The second-order valence-corrected chi connectivity index (χ2v) is 5.53. The minimum Gasteiger partial charge on any atom is -0.375 e. The van der Waals surface area contributed by atoms with Crippen LogP contribution in [-0.4, -0.2) is 24.5 Å².